The maximum atomic E-state index is 12.1. The molecule has 1 aliphatic heterocycles. The van der Waals surface area contributed by atoms with Gasteiger partial charge in [-0.1, -0.05) is 12.1 Å². The van der Waals surface area contributed by atoms with Gasteiger partial charge in [0.1, 0.15) is 5.76 Å². The number of aromatic nitrogens is 1. The van der Waals surface area contributed by atoms with E-state index in [0.29, 0.717) is 5.92 Å². The summed E-state index contributed by atoms with van der Waals surface area (Å²) >= 11 is 0. The molecule has 1 amide bonds. The van der Waals surface area contributed by atoms with Crippen molar-refractivity contribution in [2.24, 2.45) is 0 Å². The number of sulfone groups is 1. The molecular formula is C12H16N2O4S. The van der Waals surface area contributed by atoms with Crippen LogP contribution in [0.3, 0.4) is 0 Å². The highest BCUT2D eigenvalue weighted by Gasteiger charge is 2.40. The zero-order chi connectivity index (χ0) is 13.6. The molecule has 3 rings (SSSR count). The van der Waals surface area contributed by atoms with Gasteiger partial charge in [0.05, 0.1) is 5.25 Å². The van der Waals surface area contributed by atoms with Crippen molar-refractivity contribution in [3.8, 4) is 0 Å². The largest absolute Gasteiger partial charge is 0.360 e. The Kier molecular flexibility index (Phi) is 2.88. The van der Waals surface area contributed by atoms with Crippen LogP contribution in [0.4, 0.5) is 0 Å². The van der Waals surface area contributed by atoms with Gasteiger partial charge in [-0.05, 0) is 12.8 Å². The summed E-state index contributed by atoms with van der Waals surface area (Å²) in [7, 11) is -3.05. The molecule has 104 valence electrons. The Balaban J connectivity index is 1.63. The summed E-state index contributed by atoms with van der Waals surface area (Å²) in [6.07, 6.45) is 2.17. The van der Waals surface area contributed by atoms with Crippen molar-refractivity contribution in [3.63, 3.8) is 0 Å². The van der Waals surface area contributed by atoms with Crippen molar-refractivity contribution < 1.29 is 17.7 Å². The first-order chi connectivity index (χ1) is 9.01. The molecule has 7 heteroatoms. The number of carbonyl (C=O) groups excluding carboxylic acids is 1. The molecule has 0 bridgehead atoms. The molecule has 1 aliphatic carbocycles. The van der Waals surface area contributed by atoms with E-state index in [9.17, 15) is 13.2 Å². The van der Waals surface area contributed by atoms with Crippen molar-refractivity contribution in [2.45, 2.75) is 30.9 Å². The summed E-state index contributed by atoms with van der Waals surface area (Å²) in [6.45, 7) is 2.15. The Morgan fingerprint density at radius 1 is 1.47 bits per heavy atom. The average Bonchev–Trinajstić information content (AvgIpc) is 3.05. The molecule has 0 atom stereocenters. The first-order valence-electron chi connectivity index (χ1n) is 6.48. The van der Waals surface area contributed by atoms with Crippen molar-refractivity contribution >= 4 is 15.7 Å². The summed E-state index contributed by atoms with van der Waals surface area (Å²) < 4.78 is 28.4. The standard InChI is InChI=1S/C12H16N2O4S/c1-2-19(16,17)9-6-14(7-9)12(15)10-5-11(18-13-10)8-3-4-8/h5,8-9H,2-4,6-7H2,1H3. The van der Waals surface area contributed by atoms with Gasteiger partial charge in [0, 0.05) is 30.8 Å². The fraction of sp³-hybridized carbons (Fsp3) is 0.667. The Morgan fingerprint density at radius 3 is 2.74 bits per heavy atom. The third-order valence-corrected chi connectivity index (χ3v) is 5.89. The Hall–Kier alpha value is -1.37. The molecule has 19 heavy (non-hydrogen) atoms. The van der Waals surface area contributed by atoms with Crippen LogP contribution in [-0.4, -0.2) is 48.5 Å². The molecule has 2 heterocycles. The van der Waals surface area contributed by atoms with E-state index >= 15 is 0 Å². The lowest BCUT2D eigenvalue weighted by molar-refractivity contribution is 0.0648. The topological polar surface area (TPSA) is 80.5 Å². The van der Waals surface area contributed by atoms with E-state index < -0.39 is 15.1 Å². The van der Waals surface area contributed by atoms with E-state index in [0.717, 1.165) is 18.6 Å². The fourth-order valence-electron chi connectivity index (χ4n) is 2.18. The number of hydrogen-bond donors (Lipinski definition) is 0. The average molecular weight is 284 g/mol. The molecule has 0 unspecified atom stereocenters. The molecule has 0 radical (unpaired) electrons. The molecule has 2 fully saturated rings. The van der Waals surface area contributed by atoms with E-state index in [-0.39, 0.29) is 30.4 Å². The quantitative estimate of drug-likeness (QED) is 0.817. The second kappa shape index (κ2) is 4.33. The lowest BCUT2D eigenvalue weighted by atomic mass is 10.2. The third-order valence-electron chi connectivity index (χ3n) is 3.77. The molecule has 1 aromatic rings. The number of nitrogens with zero attached hydrogens (tertiary/aromatic N) is 2. The van der Waals surface area contributed by atoms with Gasteiger partial charge in [-0.25, -0.2) is 8.42 Å². The van der Waals surface area contributed by atoms with Crippen LogP contribution < -0.4 is 0 Å². The number of carbonyl (C=O) groups is 1. The SMILES string of the molecule is CCS(=O)(=O)C1CN(C(=O)c2cc(C3CC3)on2)C1. The maximum Gasteiger partial charge on any atom is 0.276 e. The summed E-state index contributed by atoms with van der Waals surface area (Å²) in [5, 5.41) is 3.35. The zero-order valence-electron chi connectivity index (χ0n) is 10.7. The lowest BCUT2D eigenvalue weighted by Gasteiger charge is -2.37. The summed E-state index contributed by atoms with van der Waals surface area (Å²) in [5.41, 5.74) is 0.286. The van der Waals surface area contributed by atoms with Crippen LogP contribution in [0, 0.1) is 0 Å². The minimum absolute atomic E-state index is 0.121. The van der Waals surface area contributed by atoms with E-state index in [1.54, 1.807) is 13.0 Å². The highest BCUT2D eigenvalue weighted by molar-refractivity contribution is 7.92. The zero-order valence-corrected chi connectivity index (χ0v) is 11.5. The monoisotopic (exact) mass is 284 g/mol. The van der Waals surface area contributed by atoms with Crippen LogP contribution in [0.5, 0.6) is 0 Å². The molecule has 0 N–H and O–H groups in total. The van der Waals surface area contributed by atoms with Crippen molar-refractivity contribution in [1.29, 1.82) is 0 Å². The van der Waals surface area contributed by atoms with E-state index in [1.807, 2.05) is 0 Å². The lowest BCUT2D eigenvalue weighted by Crippen LogP contribution is -2.57. The van der Waals surface area contributed by atoms with E-state index in [2.05, 4.69) is 5.16 Å². The van der Waals surface area contributed by atoms with Gasteiger partial charge < -0.3 is 9.42 Å². The molecule has 1 saturated carbocycles. The van der Waals surface area contributed by atoms with Crippen LogP contribution >= 0.6 is 0 Å². The summed E-state index contributed by atoms with van der Waals surface area (Å²) in [4.78, 5) is 13.6. The molecule has 1 saturated heterocycles. The number of amides is 1. The highest BCUT2D eigenvalue weighted by Crippen LogP contribution is 2.40. The van der Waals surface area contributed by atoms with Gasteiger partial charge in [0.15, 0.2) is 15.5 Å². The first-order valence-corrected chi connectivity index (χ1v) is 8.20. The maximum absolute atomic E-state index is 12.1. The Morgan fingerprint density at radius 2 is 2.16 bits per heavy atom. The summed E-state index contributed by atoms with van der Waals surface area (Å²) in [5.74, 6) is 1.06. The Labute approximate surface area is 111 Å². The molecule has 2 aliphatic rings. The third kappa shape index (κ3) is 2.27. The smallest absolute Gasteiger partial charge is 0.276 e. The van der Waals surface area contributed by atoms with Gasteiger partial charge in [0.25, 0.3) is 5.91 Å². The van der Waals surface area contributed by atoms with Crippen molar-refractivity contribution in [3.05, 3.63) is 17.5 Å². The van der Waals surface area contributed by atoms with Gasteiger partial charge in [-0.2, -0.15) is 0 Å². The Bertz CT molecular complexity index is 597. The van der Waals surface area contributed by atoms with Crippen molar-refractivity contribution in [1.82, 2.24) is 10.1 Å². The summed E-state index contributed by atoms with van der Waals surface area (Å²) in [6, 6.07) is 1.68. The van der Waals surface area contributed by atoms with Gasteiger partial charge in [-0.15, -0.1) is 0 Å². The molecule has 1 aromatic heterocycles. The number of hydrogen-bond acceptors (Lipinski definition) is 5. The molecule has 0 aromatic carbocycles. The number of rotatable bonds is 4. The van der Waals surface area contributed by atoms with Gasteiger partial charge in [0.2, 0.25) is 0 Å². The van der Waals surface area contributed by atoms with Gasteiger partial charge in [-0.3, -0.25) is 4.79 Å². The molecule has 6 nitrogen and oxygen atoms in total. The van der Waals surface area contributed by atoms with Crippen LogP contribution in [0.1, 0.15) is 41.9 Å². The van der Waals surface area contributed by atoms with Crippen LogP contribution in [0.15, 0.2) is 10.6 Å². The van der Waals surface area contributed by atoms with Crippen molar-refractivity contribution in [2.75, 3.05) is 18.8 Å². The fourth-order valence-corrected chi connectivity index (χ4v) is 3.46. The van der Waals surface area contributed by atoms with E-state index in [4.69, 9.17) is 4.52 Å². The number of likely N-dealkylation sites (tertiary alicyclic amines) is 1. The molecular weight excluding hydrogens is 268 g/mol. The predicted octanol–water partition coefficient (Wildman–Crippen LogP) is 0.811. The second-order valence-electron chi connectivity index (χ2n) is 5.17. The minimum Gasteiger partial charge on any atom is -0.360 e. The minimum atomic E-state index is -3.05. The second-order valence-corrected chi connectivity index (χ2v) is 7.74. The normalized spacial score (nSPS) is 20.4. The van der Waals surface area contributed by atoms with Crippen LogP contribution in [-0.2, 0) is 9.84 Å². The van der Waals surface area contributed by atoms with Crippen LogP contribution in [0.25, 0.3) is 0 Å². The van der Waals surface area contributed by atoms with Gasteiger partial charge >= 0.3 is 0 Å². The first kappa shape index (κ1) is 12.7. The van der Waals surface area contributed by atoms with Crippen LogP contribution in [0.2, 0.25) is 0 Å². The van der Waals surface area contributed by atoms with E-state index in [1.165, 1.54) is 4.90 Å². The highest BCUT2D eigenvalue weighted by atomic mass is 32.2. The molecule has 0 spiro atoms. The predicted molar refractivity (Wildman–Crippen MR) is 67.6 cm³/mol.